The fraction of sp³-hybridized carbons (Fsp3) is 0.900. The minimum atomic E-state index is -0.704. The Kier molecular flexibility index (Phi) is 6.05. The van der Waals surface area contributed by atoms with Crippen LogP contribution in [0.25, 0.3) is 0 Å². The highest BCUT2D eigenvalue weighted by Gasteiger charge is 2.16. The molecule has 1 saturated heterocycles. The zero-order valence-electron chi connectivity index (χ0n) is 8.89. The lowest BCUT2D eigenvalue weighted by molar-refractivity contribution is -0.129. The van der Waals surface area contributed by atoms with Crippen LogP contribution in [0.4, 0.5) is 0 Å². The second-order valence-electron chi connectivity index (χ2n) is 3.79. The van der Waals surface area contributed by atoms with Gasteiger partial charge in [0, 0.05) is 18.8 Å². The molecular formula is C10H19NO3S. The van der Waals surface area contributed by atoms with Gasteiger partial charge in [-0.1, -0.05) is 0 Å². The summed E-state index contributed by atoms with van der Waals surface area (Å²) in [5.41, 5.74) is 0. The van der Waals surface area contributed by atoms with E-state index >= 15 is 0 Å². The van der Waals surface area contributed by atoms with Gasteiger partial charge in [0.25, 0.3) is 0 Å². The first-order chi connectivity index (χ1) is 7.24. The van der Waals surface area contributed by atoms with E-state index < -0.39 is 6.10 Å². The molecule has 4 nitrogen and oxygen atoms in total. The lowest BCUT2D eigenvalue weighted by atomic mass is 10.1. The molecule has 1 fully saturated rings. The third-order valence-corrected chi connectivity index (χ3v) is 3.53. The number of likely N-dealkylation sites (tertiary alicyclic amines) is 1. The molecule has 1 unspecified atom stereocenters. The average molecular weight is 233 g/mol. The lowest BCUT2D eigenvalue weighted by Gasteiger charge is -2.26. The number of nitrogens with zero attached hydrogens (tertiary/aromatic N) is 1. The molecule has 0 aromatic rings. The predicted molar refractivity (Wildman–Crippen MR) is 60.8 cm³/mol. The summed E-state index contributed by atoms with van der Waals surface area (Å²) < 4.78 is 0. The first-order valence-corrected chi connectivity index (χ1v) is 6.54. The maximum absolute atomic E-state index is 11.6. The van der Waals surface area contributed by atoms with Gasteiger partial charge >= 0.3 is 0 Å². The van der Waals surface area contributed by atoms with E-state index in [1.165, 1.54) is 18.2 Å². The molecule has 2 N–H and O–H groups in total. The Labute approximate surface area is 94.7 Å². The topological polar surface area (TPSA) is 60.8 Å². The zero-order valence-corrected chi connectivity index (χ0v) is 9.71. The molecule has 1 atom stereocenters. The van der Waals surface area contributed by atoms with E-state index in [0.717, 1.165) is 25.9 Å². The van der Waals surface area contributed by atoms with Gasteiger partial charge in [0.15, 0.2) is 0 Å². The Morgan fingerprint density at radius 3 is 2.60 bits per heavy atom. The molecule has 0 saturated carbocycles. The number of hydrogen-bond acceptors (Lipinski definition) is 4. The van der Waals surface area contributed by atoms with Gasteiger partial charge in [0.05, 0.1) is 18.5 Å². The Hall–Kier alpha value is -0.260. The molecule has 5 heteroatoms. The molecule has 0 aromatic carbocycles. The number of carbonyl (C=O) groups excluding carboxylic acids is 1. The van der Waals surface area contributed by atoms with Crippen LogP contribution in [0.5, 0.6) is 0 Å². The Morgan fingerprint density at radius 2 is 2.00 bits per heavy atom. The van der Waals surface area contributed by atoms with Crippen molar-refractivity contribution in [1.29, 1.82) is 0 Å². The van der Waals surface area contributed by atoms with Crippen LogP contribution in [-0.4, -0.2) is 58.3 Å². The van der Waals surface area contributed by atoms with Gasteiger partial charge in [-0.25, -0.2) is 0 Å². The highest BCUT2D eigenvalue weighted by molar-refractivity contribution is 7.99. The summed E-state index contributed by atoms with van der Waals surface area (Å²) in [6.45, 7) is 1.52. The first-order valence-electron chi connectivity index (χ1n) is 5.38. The number of thioether (sulfide) groups is 1. The highest BCUT2D eigenvalue weighted by atomic mass is 32.2. The van der Waals surface area contributed by atoms with Crippen molar-refractivity contribution in [1.82, 2.24) is 4.90 Å². The summed E-state index contributed by atoms with van der Waals surface area (Å²) >= 11 is 1.39. The van der Waals surface area contributed by atoms with Crippen LogP contribution in [0.1, 0.15) is 19.3 Å². The van der Waals surface area contributed by atoms with Crippen LogP contribution in [-0.2, 0) is 4.79 Å². The fourth-order valence-corrected chi connectivity index (χ4v) is 2.42. The van der Waals surface area contributed by atoms with Gasteiger partial charge in [-0.05, 0) is 19.3 Å². The molecular weight excluding hydrogens is 214 g/mol. The molecule has 0 radical (unpaired) electrons. The predicted octanol–water partition coefficient (Wildman–Crippen LogP) is 0.0853. The van der Waals surface area contributed by atoms with Crippen LogP contribution < -0.4 is 0 Å². The van der Waals surface area contributed by atoms with Crippen LogP contribution in [0.3, 0.4) is 0 Å². The van der Waals surface area contributed by atoms with Crippen molar-refractivity contribution in [2.24, 2.45) is 0 Å². The smallest absolute Gasteiger partial charge is 0.232 e. The Bertz CT molecular complexity index is 195. The highest BCUT2D eigenvalue weighted by Crippen LogP contribution is 2.11. The van der Waals surface area contributed by atoms with Gasteiger partial charge < -0.3 is 15.1 Å². The summed E-state index contributed by atoms with van der Waals surface area (Å²) in [5.74, 6) is 0.998. The molecule has 0 aromatic heterocycles. The zero-order chi connectivity index (χ0) is 11.1. The largest absolute Gasteiger partial charge is 0.394 e. The van der Waals surface area contributed by atoms with Crippen molar-refractivity contribution in [3.63, 3.8) is 0 Å². The number of amides is 1. The van der Waals surface area contributed by atoms with Gasteiger partial charge in [0.1, 0.15) is 0 Å². The molecule has 1 heterocycles. The maximum Gasteiger partial charge on any atom is 0.232 e. The van der Waals surface area contributed by atoms with E-state index in [1.54, 1.807) is 0 Å². The quantitative estimate of drug-likeness (QED) is 0.706. The summed E-state index contributed by atoms with van der Waals surface area (Å²) in [5, 5.41) is 17.7. The molecule has 15 heavy (non-hydrogen) atoms. The molecule has 0 spiro atoms. The number of piperidine rings is 1. The van der Waals surface area contributed by atoms with E-state index in [2.05, 4.69) is 0 Å². The third-order valence-electron chi connectivity index (χ3n) is 2.46. The standard InChI is InChI=1S/C10H19NO3S/c12-6-9(13)7-15-8-10(14)11-4-2-1-3-5-11/h9,12-13H,1-8H2. The van der Waals surface area contributed by atoms with Gasteiger partial charge in [-0.15, -0.1) is 11.8 Å². The van der Waals surface area contributed by atoms with Crippen LogP contribution in [0.15, 0.2) is 0 Å². The van der Waals surface area contributed by atoms with E-state index in [1.807, 2.05) is 4.90 Å². The molecule has 0 bridgehead atoms. The monoisotopic (exact) mass is 233 g/mol. The number of aliphatic hydroxyl groups excluding tert-OH is 2. The van der Waals surface area contributed by atoms with Crippen LogP contribution in [0.2, 0.25) is 0 Å². The summed E-state index contributed by atoms with van der Waals surface area (Å²) in [6, 6.07) is 0. The van der Waals surface area contributed by atoms with Gasteiger partial charge in [-0.3, -0.25) is 4.79 Å². The minimum absolute atomic E-state index is 0.157. The first kappa shape index (κ1) is 12.8. The third kappa shape index (κ3) is 4.86. The van der Waals surface area contributed by atoms with Crippen molar-refractivity contribution < 1.29 is 15.0 Å². The normalized spacial score (nSPS) is 18.9. The van der Waals surface area contributed by atoms with Crippen molar-refractivity contribution in [3.05, 3.63) is 0 Å². The fourth-order valence-electron chi connectivity index (χ4n) is 1.57. The summed E-state index contributed by atoms with van der Waals surface area (Å²) in [6.07, 6.45) is 2.73. The molecule has 1 aliphatic rings. The van der Waals surface area contributed by atoms with Crippen molar-refractivity contribution in [2.45, 2.75) is 25.4 Å². The van der Waals surface area contributed by atoms with Gasteiger partial charge in [-0.2, -0.15) is 0 Å². The lowest BCUT2D eigenvalue weighted by Crippen LogP contribution is -2.37. The molecule has 1 amide bonds. The Morgan fingerprint density at radius 1 is 1.33 bits per heavy atom. The second kappa shape index (κ2) is 7.09. The number of rotatable bonds is 5. The van der Waals surface area contributed by atoms with Crippen molar-refractivity contribution >= 4 is 17.7 Å². The summed E-state index contributed by atoms with van der Waals surface area (Å²) in [7, 11) is 0. The average Bonchev–Trinajstić information content (AvgIpc) is 2.29. The van der Waals surface area contributed by atoms with E-state index in [-0.39, 0.29) is 12.5 Å². The second-order valence-corrected chi connectivity index (χ2v) is 4.82. The van der Waals surface area contributed by atoms with E-state index in [0.29, 0.717) is 11.5 Å². The molecule has 1 rings (SSSR count). The van der Waals surface area contributed by atoms with Crippen molar-refractivity contribution in [3.8, 4) is 0 Å². The number of aliphatic hydroxyl groups is 2. The Balaban J connectivity index is 2.12. The van der Waals surface area contributed by atoms with Crippen LogP contribution in [0, 0.1) is 0 Å². The number of hydrogen-bond donors (Lipinski definition) is 2. The van der Waals surface area contributed by atoms with Gasteiger partial charge in [0.2, 0.25) is 5.91 Å². The van der Waals surface area contributed by atoms with E-state index in [4.69, 9.17) is 10.2 Å². The maximum atomic E-state index is 11.6. The minimum Gasteiger partial charge on any atom is -0.394 e. The molecule has 88 valence electrons. The number of carbonyl (C=O) groups is 1. The SMILES string of the molecule is O=C(CSCC(O)CO)N1CCCCC1. The molecule has 0 aliphatic carbocycles. The van der Waals surface area contributed by atoms with Crippen LogP contribution >= 0.6 is 11.8 Å². The van der Waals surface area contributed by atoms with Crippen molar-refractivity contribution in [2.75, 3.05) is 31.2 Å². The molecule has 1 aliphatic heterocycles. The van der Waals surface area contributed by atoms with E-state index in [9.17, 15) is 4.79 Å². The summed E-state index contributed by atoms with van der Waals surface area (Å²) in [4.78, 5) is 13.5.